The lowest BCUT2D eigenvalue weighted by atomic mass is 10.0. The van der Waals surface area contributed by atoms with E-state index in [2.05, 4.69) is 10.3 Å². The van der Waals surface area contributed by atoms with Gasteiger partial charge in [0, 0.05) is 23.5 Å². The number of methoxy groups -OCH3 is 1. The van der Waals surface area contributed by atoms with E-state index in [0.29, 0.717) is 22.8 Å². The van der Waals surface area contributed by atoms with E-state index in [-0.39, 0.29) is 5.82 Å². The zero-order chi connectivity index (χ0) is 21.0. The first-order valence-electron chi connectivity index (χ1n) is 9.15. The van der Waals surface area contributed by atoms with Gasteiger partial charge in [0.2, 0.25) is 5.88 Å². The van der Waals surface area contributed by atoms with Gasteiger partial charge in [0.1, 0.15) is 11.4 Å². The van der Waals surface area contributed by atoms with Gasteiger partial charge in [-0.25, -0.2) is 14.2 Å². The SMILES string of the molecule is COc1ccc(-c2ccc(C(=O)OC(C)(C)C)c(Nc3ccc(F)cc3)c2)cn1. The van der Waals surface area contributed by atoms with Crippen molar-refractivity contribution in [2.75, 3.05) is 12.4 Å². The highest BCUT2D eigenvalue weighted by atomic mass is 19.1. The molecule has 150 valence electrons. The third-order valence-electron chi connectivity index (χ3n) is 4.04. The molecule has 0 aliphatic carbocycles. The fraction of sp³-hybridized carbons (Fsp3) is 0.217. The van der Waals surface area contributed by atoms with Crippen LogP contribution in [-0.4, -0.2) is 23.7 Å². The van der Waals surface area contributed by atoms with Crippen LogP contribution in [0.3, 0.4) is 0 Å². The second-order valence-electron chi connectivity index (χ2n) is 7.48. The van der Waals surface area contributed by atoms with E-state index in [4.69, 9.17) is 9.47 Å². The largest absolute Gasteiger partial charge is 0.481 e. The Morgan fingerprint density at radius 2 is 1.69 bits per heavy atom. The van der Waals surface area contributed by atoms with E-state index in [1.165, 1.54) is 12.1 Å². The molecule has 0 atom stereocenters. The third-order valence-corrected chi connectivity index (χ3v) is 4.04. The molecule has 0 bridgehead atoms. The minimum atomic E-state index is -0.622. The smallest absolute Gasteiger partial charge is 0.340 e. The Balaban J connectivity index is 2.00. The van der Waals surface area contributed by atoms with E-state index in [0.717, 1.165) is 11.1 Å². The number of ether oxygens (including phenoxy) is 2. The number of hydrogen-bond donors (Lipinski definition) is 1. The maximum Gasteiger partial charge on any atom is 0.340 e. The zero-order valence-electron chi connectivity index (χ0n) is 16.8. The van der Waals surface area contributed by atoms with Crippen LogP contribution in [-0.2, 0) is 4.74 Å². The van der Waals surface area contributed by atoms with Crippen LogP contribution in [0.15, 0.2) is 60.8 Å². The van der Waals surface area contributed by atoms with Gasteiger partial charge in [-0.2, -0.15) is 0 Å². The van der Waals surface area contributed by atoms with Crippen molar-refractivity contribution in [2.24, 2.45) is 0 Å². The normalized spacial score (nSPS) is 11.1. The Hall–Kier alpha value is -3.41. The van der Waals surface area contributed by atoms with Gasteiger partial charge in [0.25, 0.3) is 0 Å². The monoisotopic (exact) mass is 394 g/mol. The van der Waals surface area contributed by atoms with Crippen LogP contribution in [0, 0.1) is 5.82 Å². The summed E-state index contributed by atoms with van der Waals surface area (Å²) in [6.45, 7) is 5.44. The molecule has 1 N–H and O–H groups in total. The van der Waals surface area contributed by atoms with Crippen molar-refractivity contribution in [3.8, 4) is 17.0 Å². The quantitative estimate of drug-likeness (QED) is 0.571. The molecule has 0 unspecified atom stereocenters. The predicted molar refractivity (Wildman–Crippen MR) is 111 cm³/mol. The number of carbonyl (C=O) groups is 1. The fourth-order valence-electron chi connectivity index (χ4n) is 2.70. The standard InChI is InChI=1S/C23H23FN2O3/c1-23(2,3)29-22(27)19-11-5-15(16-6-12-21(28-4)25-14-16)13-20(19)26-18-9-7-17(24)8-10-18/h5-14,26H,1-4H3. The van der Waals surface area contributed by atoms with E-state index < -0.39 is 11.6 Å². The summed E-state index contributed by atoms with van der Waals surface area (Å²) in [5.41, 5.74) is 2.69. The lowest BCUT2D eigenvalue weighted by molar-refractivity contribution is 0.00707. The number of carbonyl (C=O) groups excluding carboxylic acids is 1. The van der Waals surface area contributed by atoms with Gasteiger partial charge in [-0.3, -0.25) is 0 Å². The van der Waals surface area contributed by atoms with Crippen LogP contribution in [0.25, 0.3) is 11.1 Å². The maximum absolute atomic E-state index is 13.2. The first kappa shape index (κ1) is 20.3. The molecule has 6 heteroatoms. The highest BCUT2D eigenvalue weighted by Gasteiger charge is 2.21. The molecule has 3 aromatic rings. The van der Waals surface area contributed by atoms with Crippen LogP contribution in [0.4, 0.5) is 15.8 Å². The molecule has 2 aromatic carbocycles. The Bertz CT molecular complexity index is 994. The number of nitrogens with zero attached hydrogens (tertiary/aromatic N) is 1. The third kappa shape index (κ3) is 5.31. The molecule has 0 saturated carbocycles. The summed E-state index contributed by atoms with van der Waals surface area (Å²) in [5, 5.41) is 3.19. The number of halogens is 1. The number of anilines is 2. The molecule has 1 aromatic heterocycles. The topological polar surface area (TPSA) is 60.5 Å². The summed E-state index contributed by atoms with van der Waals surface area (Å²) in [6, 6.07) is 15.0. The van der Waals surface area contributed by atoms with Gasteiger partial charge in [-0.15, -0.1) is 0 Å². The van der Waals surface area contributed by atoms with Crippen molar-refractivity contribution < 1.29 is 18.7 Å². The fourth-order valence-corrected chi connectivity index (χ4v) is 2.70. The van der Waals surface area contributed by atoms with E-state index >= 15 is 0 Å². The van der Waals surface area contributed by atoms with Gasteiger partial charge >= 0.3 is 5.97 Å². The van der Waals surface area contributed by atoms with Gasteiger partial charge in [0.05, 0.1) is 18.4 Å². The molecule has 29 heavy (non-hydrogen) atoms. The molecular formula is C23H23FN2O3. The number of pyridine rings is 1. The van der Waals surface area contributed by atoms with Crippen LogP contribution >= 0.6 is 0 Å². The summed E-state index contributed by atoms with van der Waals surface area (Å²) in [4.78, 5) is 16.9. The molecule has 1 heterocycles. The van der Waals surface area contributed by atoms with E-state index in [1.54, 1.807) is 37.6 Å². The lowest BCUT2D eigenvalue weighted by Gasteiger charge is -2.21. The van der Waals surface area contributed by atoms with Crippen molar-refractivity contribution in [1.29, 1.82) is 0 Å². The number of aromatic nitrogens is 1. The van der Waals surface area contributed by atoms with Crippen LogP contribution < -0.4 is 10.1 Å². The van der Waals surface area contributed by atoms with Gasteiger partial charge < -0.3 is 14.8 Å². The minimum absolute atomic E-state index is 0.332. The van der Waals surface area contributed by atoms with Crippen molar-refractivity contribution in [2.45, 2.75) is 26.4 Å². The number of hydrogen-bond acceptors (Lipinski definition) is 5. The highest BCUT2D eigenvalue weighted by Crippen LogP contribution is 2.30. The number of benzene rings is 2. The molecule has 0 fully saturated rings. The molecule has 0 saturated heterocycles. The Morgan fingerprint density at radius 3 is 2.28 bits per heavy atom. The predicted octanol–water partition coefficient (Wildman–Crippen LogP) is 5.60. The molecular weight excluding hydrogens is 371 g/mol. The van der Waals surface area contributed by atoms with Gasteiger partial charge in [-0.05, 0) is 68.8 Å². The van der Waals surface area contributed by atoms with Gasteiger partial charge in [-0.1, -0.05) is 6.07 Å². The van der Waals surface area contributed by atoms with Crippen LogP contribution in [0.1, 0.15) is 31.1 Å². The van der Waals surface area contributed by atoms with Crippen LogP contribution in [0.5, 0.6) is 5.88 Å². The number of nitrogens with one attached hydrogen (secondary N) is 1. The molecule has 3 rings (SSSR count). The van der Waals surface area contributed by atoms with Crippen molar-refractivity contribution in [3.05, 3.63) is 72.2 Å². The minimum Gasteiger partial charge on any atom is -0.481 e. The second kappa shape index (κ2) is 8.31. The first-order valence-corrected chi connectivity index (χ1v) is 9.15. The molecule has 0 spiro atoms. The Morgan fingerprint density at radius 1 is 1.00 bits per heavy atom. The average Bonchev–Trinajstić information content (AvgIpc) is 2.68. The summed E-state index contributed by atoms with van der Waals surface area (Å²) in [5.74, 6) is -0.258. The maximum atomic E-state index is 13.2. The number of esters is 1. The summed E-state index contributed by atoms with van der Waals surface area (Å²) in [7, 11) is 1.56. The van der Waals surface area contributed by atoms with Gasteiger partial charge in [0.15, 0.2) is 0 Å². The Kier molecular flexibility index (Phi) is 5.82. The molecule has 5 nitrogen and oxygen atoms in total. The van der Waals surface area contributed by atoms with Crippen LogP contribution in [0.2, 0.25) is 0 Å². The van der Waals surface area contributed by atoms with E-state index in [9.17, 15) is 9.18 Å². The molecule has 0 amide bonds. The van der Waals surface area contributed by atoms with Crippen molar-refractivity contribution in [1.82, 2.24) is 4.98 Å². The molecule has 0 radical (unpaired) electrons. The highest BCUT2D eigenvalue weighted by molar-refractivity contribution is 5.98. The van der Waals surface area contributed by atoms with Crippen molar-refractivity contribution >= 4 is 17.3 Å². The lowest BCUT2D eigenvalue weighted by Crippen LogP contribution is -2.24. The second-order valence-corrected chi connectivity index (χ2v) is 7.48. The molecule has 0 aliphatic rings. The zero-order valence-corrected chi connectivity index (χ0v) is 16.8. The summed E-state index contributed by atoms with van der Waals surface area (Å²) < 4.78 is 23.9. The van der Waals surface area contributed by atoms with E-state index in [1.807, 2.05) is 39.0 Å². The first-order chi connectivity index (χ1) is 13.7. The molecule has 0 aliphatic heterocycles. The Labute approximate surface area is 169 Å². The van der Waals surface area contributed by atoms with Crippen molar-refractivity contribution in [3.63, 3.8) is 0 Å². The average molecular weight is 394 g/mol. The number of rotatable bonds is 5. The summed E-state index contributed by atoms with van der Waals surface area (Å²) in [6.07, 6.45) is 1.70. The summed E-state index contributed by atoms with van der Waals surface area (Å²) >= 11 is 0.